The summed E-state index contributed by atoms with van der Waals surface area (Å²) in [5.41, 5.74) is 5.65. The largest absolute Gasteiger partial charge is 0.356 e. The van der Waals surface area contributed by atoms with Crippen LogP contribution in [0.1, 0.15) is 28.4 Å². The van der Waals surface area contributed by atoms with Crippen LogP contribution in [0.3, 0.4) is 0 Å². The summed E-state index contributed by atoms with van der Waals surface area (Å²) in [5.74, 6) is -0.474. The highest BCUT2D eigenvalue weighted by atomic mass is 79.9. The van der Waals surface area contributed by atoms with E-state index in [0.717, 1.165) is 28.8 Å². The number of aromatic nitrogens is 1. The minimum atomic E-state index is -0.474. The fraction of sp³-hybridized carbons (Fsp3) is 0.160. The van der Waals surface area contributed by atoms with Gasteiger partial charge in [-0.05, 0) is 48.7 Å². The minimum absolute atomic E-state index is 0.165. The lowest BCUT2D eigenvalue weighted by molar-refractivity contribution is 0.193. The maximum atomic E-state index is 14.4. The van der Waals surface area contributed by atoms with E-state index in [0.29, 0.717) is 11.0 Å². The van der Waals surface area contributed by atoms with Gasteiger partial charge in [0.05, 0.1) is 11.7 Å². The number of rotatable bonds is 2. The fourth-order valence-corrected chi connectivity index (χ4v) is 4.67. The summed E-state index contributed by atoms with van der Waals surface area (Å²) < 4.78 is 15.0. The third kappa shape index (κ3) is 3.61. The molecule has 2 N–H and O–H groups in total. The van der Waals surface area contributed by atoms with Gasteiger partial charge in [-0.3, -0.25) is 0 Å². The topological polar surface area (TPSA) is 48.1 Å². The highest BCUT2D eigenvalue weighted by Crippen LogP contribution is 2.38. The first-order valence-electron chi connectivity index (χ1n) is 10.2. The summed E-state index contributed by atoms with van der Waals surface area (Å²) in [4.78, 5) is 18.6. The third-order valence-electron chi connectivity index (χ3n) is 5.86. The van der Waals surface area contributed by atoms with Crippen LogP contribution in [0, 0.1) is 12.7 Å². The number of nitrogens with zero attached hydrogens (tertiary/aromatic N) is 1. The van der Waals surface area contributed by atoms with Gasteiger partial charge in [0.2, 0.25) is 0 Å². The second kappa shape index (κ2) is 7.85. The maximum Gasteiger partial charge on any atom is 0.322 e. The van der Waals surface area contributed by atoms with Crippen LogP contribution < -0.4 is 5.32 Å². The Labute approximate surface area is 188 Å². The van der Waals surface area contributed by atoms with Gasteiger partial charge in [-0.15, -0.1) is 0 Å². The molecule has 156 valence electrons. The predicted molar refractivity (Wildman–Crippen MR) is 125 cm³/mol. The minimum Gasteiger partial charge on any atom is -0.356 e. The van der Waals surface area contributed by atoms with Gasteiger partial charge < -0.3 is 15.2 Å². The van der Waals surface area contributed by atoms with E-state index in [-0.39, 0.29) is 17.8 Å². The summed E-state index contributed by atoms with van der Waals surface area (Å²) in [7, 11) is 0. The number of benzene rings is 3. The summed E-state index contributed by atoms with van der Waals surface area (Å²) in [6.45, 7) is 2.58. The molecule has 4 nitrogen and oxygen atoms in total. The number of anilines is 1. The number of aryl methyl sites for hydroxylation is 1. The number of carbonyl (C=O) groups excluding carboxylic acids is 1. The summed E-state index contributed by atoms with van der Waals surface area (Å²) >= 11 is 3.25. The van der Waals surface area contributed by atoms with Gasteiger partial charge in [-0.25, -0.2) is 9.18 Å². The first kappa shape index (κ1) is 19.8. The zero-order chi connectivity index (χ0) is 21.5. The van der Waals surface area contributed by atoms with Crippen molar-refractivity contribution < 1.29 is 9.18 Å². The van der Waals surface area contributed by atoms with Gasteiger partial charge in [0.25, 0.3) is 0 Å². The molecule has 1 aliphatic heterocycles. The second-order valence-corrected chi connectivity index (χ2v) is 8.79. The van der Waals surface area contributed by atoms with Crippen LogP contribution in [-0.2, 0) is 6.42 Å². The molecule has 0 aliphatic carbocycles. The smallest absolute Gasteiger partial charge is 0.322 e. The van der Waals surface area contributed by atoms with E-state index < -0.39 is 5.82 Å². The van der Waals surface area contributed by atoms with Crippen molar-refractivity contribution in [2.45, 2.75) is 19.4 Å². The molecule has 2 heterocycles. The molecule has 1 atom stereocenters. The molecule has 6 heteroatoms. The van der Waals surface area contributed by atoms with Crippen LogP contribution in [0.25, 0.3) is 10.9 Å². The van der Waals surface area contributed by atoms with Gasteiger partial charge in [-0.1, -0.05) is 64.0 Å². The Hall–Kier alpha value is -3.12. The zero-order valence-corrected chi connectivity index (χ0v) is 18.5. The lowest BCUT2D eigenvalue weighted by Crippen LogP contribution is -2.43. The number of hydrogen-bond donors (Lipinski definition) is 2. The standard InChI is InChI=1S/C25H21BrFN3O/c1-15-6-8-16(9-7-15)24-23-19(18-4-2-3-5-21(18)28-23)12-13-30(24)25(31)29-22-11-10-17(26)14-20(22)27/h2-11,14,24,28H,12-13H2,1H3,(H,29,31). The molecule has 0 spiro atoms. The van der Waals surface area contributed by atoms with Gasteiger partial charge >= 0.3 is 6.03 Å². The van der Waals surface area contributed by atoms with Crippen molar-refractivity contribution in [3.63, 3.8) is 0 Å². The summed E-state index contributed by atoms with van der Waals surface area (Å²) in [6, 6.07) is 20.4. The molecular weight excluding hydrogens is 457 g/mol. The molecule has 0 radical (unpaired) electrons. The fourth-order valence-electron chi connectivity index (χ4n) is 4.33. The normalized spacial score (nSPS) is 15.7. The van der Waals surface area contributed by atoms with Crippen molar-refractivity contribution in [2.24, 2.45) is 0 Å². The average molecular weight is 478 g/mol. The molecule has 2 amide bonds. The maximum absolute atomic E-state index is 14.4. The van der Waals surface area contributed by atoms with E-state index in [4.69, 9.17) is 0 Å². The number of nitrogens with one attached hydrogen (secondary N) is 2. The van der Waals surface area contributed by atoms with Gasteiger partial charge in [0.15, 0.2) is 0 Å². The van der Waals surface area contributed by atoms with Gasteiger partial charge in [0.1, 0.15) is 5.82 Å². The van der Waals surface area contributed by atoms with Gasteiger partial charge in [-0.2, -0.15) is 0 Å². The molecule has 3 aromatic carbocycles. The number of halogens is 2. The Bertz CT molecular complexity index is 1280. The van der Waals surface area contributed by atoms with Crippen molar-refractivity contribution in [2.75, 3.05) is 11.9 Å². The molecule has 1 unspecified atom stereocenters. The number of aromatic amines is 1. The van der Waals surface area contributed by atoms with Crippen molar-refractivity contribution in [3.8, 4) is 0 Å². The third-order valence-corrected chi connectivity index (χ3v) is 6.35. The first-order chi connectivity index (χ1) is 15.0. The number of hydrogen-bond acceptors (Lipinski definition) is 1. The molecule has 5 rings (SSSR count). The van der Waals surface area contributed by atoms with Crippen LogP contribution in [0.15, 0.2) is 71.2 Å². The number of para-hydroxylation sites is 1. The zero-order valence-electron chi connectivity index (χ0n) is 17.0. The number of carbonyl (C=O) groups is 1. The molecule has 0 saturated heterocycles. The molecule has 0 fully saturated rings. The van der Waals surface area contributed by atoms with E-state index in [1.54, 1.807) is 17.0 Å². The Kier molecular flexibility index (Phi) is 5.02. The number of urea groups is 1. The van der Waals surface area contributed by atoms with Crippen LogP contribution in [-0.4, -0.2) is 22.5 Å². The molecule has 4 aromatic rings. The first-order valence-corrected chi connectivity index (χ1v) is 11.0. The number of fused-ring (bicyclic) bond motifs is 3. The van der Waals surface area contributed by atoms with E-state index in [9.17, 15) is 9.18 Å². The van der Waals surface area contributed by atoms with Crippen LogP contribution >= 0.6 is 15.9 Å². The van der Waals surface area contributed by atoms with Crippen LogP contribution in [0.4, 0.5) is 14.9 Å². The molecule has 1 aliphatic rings. The Morgan fingerprint density at radius 1 is 1.13 bits per heavy atom. The number of H-pyrrole nitrogens is 1. The average Bonchev–Trinajstić information content (AvgIpc) is 3.14. The second-order valence-electron chi connectivity index (χ2n) is 7.87. The summed E-state index contributed by atoms with van der Waals surface area (Å²) in [6.07, 6.45) is 0.734. The van der Waals surface area contributed by atoms with Crippen molar-refractivity contribution >= 4 is 38.6 Å². The Morgan fingerprint density at radius 3 is 2.68 bits per heavy atom. The van der Waals surface area contributed by atoms with E-state index >= 15 is 0 Å². The quantitative estimate of drug-likeness (QED) is 0.337. The molecule has 31 heavy (non-hydrogen) atoms. The monoisotopic (exact) mass is 477 g/mol. The highest BCUT2D eigenvalue weighted by molar-refractivity contribution is 9.10. The Balaban J connectivity index is 1.57. The molecule has 1 aromatic heterocycles. The summed E-state index contributed by atoms with van der Waals surface area (Å²) in [5, 5.41) is 3.95. The van der Waals surface area contributed by atoms with E-state index in [1.807, 2.05) is 19.1 Å². The van der Waals surface area contributed by atoms with Crippen LogP contribution in [0.5, 0.6) is 0 Å². The van der Waals surface area contributed by atoms with Crippen molar-refractivity contribution in [3.05, 3.63) is 99.4 Å². The van der Waals surface area contributed by atoms with E-state index in [2.05, 4.69) is 62.6 Å². The van der Waals surface area contributed by atoms with Crippen molar-refractivity contribution in [1.29, 1.82) is 0 Å². The van der Waals surface area contributed by atoms with Crippen molar-refractivity contribution in [1.82, 2.24) is 9.88 Å². The molecule has 0 bridgehead atoms. The SMILES string of the molecule is Cc1ccc(C2c3[nH]c4ccccc4c3CCN2C(=O)Nc2ccc(Br)cc2F)cc1. The van der Waals surface area contributed by atoms with Crippen LogP contribution in [0.2, 0.25) is 0 Å². The lowest BCUT2D eigenvalue weighted by atomic mass is 9.92. The van der Waals surface area contributed by atoms with Gasteiger partial charge in [0, 0.05) is 27.6 Å². The number of amides is 2. The van der Waals surface area contributed by atoms with E-state index in [1.165, 1.54) is 17.0 Å². The Morgan fingerprint density at radius 2 is 1.90 bits per heavy atom. The molecular formula is C25H21BrFN3O. The predicted octanol–water partition coefficient (Wildman–Crippen LogP) is 6.56. The molecule has 0 saturated carbocycles. The lowest BCUT2D eigenvalue weighted by Gasteiger charge is -2.36. The highest BCUT2D eigenvalue weighted by Gasteiger charge is 2.34.